The van der Waals surface area contributed by atoms with Crippen LogP contribution < -0.4 is 16.3 Å². The first kappa shape index (κ1) is 19.9. The third-order valence-electron chi connectivity index (χ3n) is 4.78. The van der Waals surface area contributed by atoms with Crippen LogP contribution in [0.2, 0.25) is 5.15 Å². The highest BCUT2D eigenvalue weighted by molar-refractivity contribution is 6.31. The molecule has 28 heavy (non-hydrogen) atoms. The van der Waals surface area contributed by atoms with Gasteiger partial charge < -0.3 is 10.6 Å². The number of rotatable bonds is 7. The zero-order valence-corrected chi connectivity index (χ0v) is 16.9. The van der Waals surface area contributed by atoms with Crippen molar-refractivity contribution in [1.82, 2.24) is 19.4 Å². The van der Waals surface area contributed by atoms with E-state index in [1.54, 1.807) is 28.4 Å². The Morgan fingerprint density at radius 2 is 2.11 bits per heavy atom. The predicted molar refractivity (Wildman–Crippen MR) is 112 cm³/mol. The minimum Gasteiger partial charge on any atom is -0.354 e. The van der Waals surface area contributed by atoms with Crippen LogP contribution in [0.15, 0.2) is 35.3 Å². The van der Waals surface area contributed by atoms with Gasteiger partial charge in [0.05, 0.1) is 16.7 Å². The molecule has 0 saturated heterocycles. The lowest BCUT2D eigenvalue weighted by atomic mass is 10.2. The van der Waals surface area contributed by atoms with Gasteiger partial charge in [0.25, 0.3) is 0 Å². The molecule has 3 rings (SSSR count). The lowest BCUT2D eigenvalue weighted by molar-refractivity contribution is 0.485. The van der Waals surface area contributed by atoms with Crippen LogP contribution >= 0.6 is 11.6 Å². The second-order valence-corrected chi connectivity index (χ2v) is 7.06. The van der Waals surface area contributed by atoms with Crippen LogP contribution in [-0.4, -0.2) is 26.7 Å². The number of imidazole rings is 1. The van der Waals surface area contributed by atoms with Crippen molar-refractivity contribution in [2.75, 3.05) is 11.9 Å². The molecule has 3 aromatic rings. The molecule has 0 amide bonds. The van der Waals surface area contributed by atoms with Crippen LogP contribution in [0, 0.1) is 11.3 Å². The summed E-state index contributed by atoms with van der Waals surface area (Å²) in [6.07, 6.45) is 2.40. The third-order valence-corrected chi connectivity index (χ3v) is 5.07. The van der Waals surface area contributed by atoms with Crippen LogP contribution in [0.4, 0.5) is 11.4 Å². The van der Waals surface area contributed by atoms with Crippen LogP contribution in [0.5, 0.6) is 0 Å². The number of hydrogen-bond donors (Lipinski definition) is 2. The monoisotopic (exact) mass is 398 g/mol. The van der Waals surface area contributed by atoms with E-state index in [1.165, 1.54) is 0 Å². The summed E-state index contributed by atoms with van der Waals surface area (Å²) >= 11 is 6.01. The second-order valence-electron chi connectivity index (χ2n) is 6.71. The van der Waals surface area contributed by atoms with Gasteiger partial charge in [-0.05, 0) is 44.2 Å². The molecule has 0 spiro atoms. The number of aromatic nitrogens is 3. The standard InChI is InChI=1S/C20H23ClN6O/c1-4-23-13(2)8-10-27-18-11-14(5-6-17(18)26(3)20(27)28)25-16-7-9-24-19(21)15(16)12-22/h5-7,9,11,13,23H,4,8,10H2,1-3H3,(H,24,25). The minimum atomic E-state index is -0.0412. The quantitative estimate of drug-likeness (QED) is 0.595. The third kappa shape index (κ3) is 3.88. The maximum absolute atomic E-state index is 12.7. The minimum absolute atomic E-state index is 0.0412. The fraction of sp³-hybridized carbons (Fsp3) is 0.350. The van der Waals surface area contributed by atoms with Gasteiger partial charge in [-0.1, -0.05) is 18.5 Å². The largest absolute Gasteiger partial charge is 0.354 e. The molecule has 2 heterocycles. The van der Waals surface area contributed by atoms with E-state index < -0.39 is 0 Å². The summed E-state index contributed by atoms with van der Waals surface area (Å²) < 4.78 is 3.44. The number of pyridine rings is 1. The predicted octanol–water partition coefficient (Wildman–Crippen LogP) is 3.39. The average Bonchev–Trinajstić information content (AvgIpc) is 2.91. The molecule has 7 nitrogen and oxygen atoms in total. The Hall–Kier alpha value is -2.82. The lowest BCUT2D eigenvalue weighted by Crippen LogP contribution is -2.29. The van der Waals surface area contributed by atoms with E-state index in [4.69, 9.17) is 11.6 Å². The van der Waals surface area contributed by atoms with Crippen LogP contribution in [-0.2, 0) is 13.6 Å². The lowest BCUT2D eigenvalue weighted by Gasteiger charge is -2.13. The number of anilines is 2. The molecular formula is C20H23ClN6O. The molecular weight excluding hydrogens is 376 g/mol. The van der Waals surface area contributed by atoms with E-state index in [9.17, 15) is 10.1 Å². The van der Waals surface area contributed by atoms with Gasteiger partial charge in [-0.25, -0.2) is 9.78 Å². The Morgan fingerprint density at radius 1 is 1.32 bits per heavy atom. The van der Waals surface area contributed by atoms with Crippen LogP contribution in [0.1, 0.15) is 25.8 Å². The second kappa shape index (κ2) is 8.46. The van der Waals surface area contributed by atoms with Gasteiger partial charge in [0, 0.05) is 31.5 Å². The Bertz CT molecular complexity index is 1090. The molecule has 1 aromatic carbocycles. The summed E-state index contributed by atoms with van der Waals surface area (Å²) in [7, 11) is 1.78. The molecule has 8 heteroatoms. The normalized spacial score (nSPS) is 12.1. The molecule has 2 aromatic heterocycles. The van der Waals surface area contributed by atoms with Crippen molar-refractivity contribution in [2.24, 2.45) is 7.05 Å². The van der Waals surface area contributed by atoms with E-state index in [-0.39, 0.29) is 16.4 Å². The molecule has 2 N–H and O–H groups in total. The number of nitriles is 1. The van der Waals surface area contributed by atoms with Crippen molar-refractivity contribution in [2.45, 2.75) is 32.9 Å². The van der Waals surface area contributed by atoms with Gasteiger partial charge in [-0.15, -0.1) is 0 Å². The Morgan fingerprint density at radius 3 is 2.82 bits per heavy atom. The van der Waals surface area contributed by atoms with E-state index in [0.717, 1.165) is 29.7 Å². The summed E-state index contributed by atoms with van der Waals surface area (Å²) in [5.74, 6) is 0. The van der Waals surface area contributed by atoms with Crippen molar-refractivity contribution in [1.29, 1.82) is 5.26 Å². The number of fused-ring (bicyclic) bond motifs is 1. The molecule has 0 radical (unpaired) electrons. The highest BCUT2D eigenvalue weighted by atomic mass is 35.5. The van der Waals surface area contributed by atoms with Crippen molar-refractivity contribution in [3.63, 3.8) is 0 Å². The van der Waals surface area contributed by atoms with Crippen molar-refractivity contribution < 1.29 is 0 Å². The molecule has 0 fully saturated rings. The smallest absolute Gasteiger partial charge is 0.328 e. The topological polar surface area (TPSA) is 87.7 Å². The summed E-state index contributed by atoms with van der Waals surface area (Å²) in [5, 5.41) is 16.1. The highest BCUT2D eigenvalue weighted by Gasteiger charge is 2.13. The number of nitrogens with one attached hydrogen (secondary N) is 2. The number of benzene rings is 1. The Balaban J connectivity index is 1.97. The molecule has 0 saturated carbocycles. The van der Waals surface area contributed by atoms with Crippen LogP contribution in [0.3, 0.4) is 0 Å². The fourth-order valence-corrected chi connectivity index (χ4v) is 3.48. The fourth-order valence-electron chi connectivity index (χ4n) is 3.28. The van der Waals surface area contributed by atoms with E-state index >= 15 is 0 Å². The number of aryl methyl sites for hydroxylation is 2. The SMILES string of the molecule is CCNC(C)CCn1c(=O)n(C)c2ccc(Nc3ccnc(Cl)c3C#N)cc21. The maximum Gasteiger partial charge on any atom is 0.328 e. The van der Waals surface area contributed by atoms with Gasteiger partial charge in [0.2, 0.25) is 0 Å². The Kier molecular flexibility index (Phi) is 6.02. The van der Waals surface area contributed by atoms with Gasteiger partial charge in [0.15, 0.2) is 0 Å². The van der Waals surface area contributed by atoms with E-state index in [2.05, 4.69) is 35.5 Å². The summed E-state index contributed by atoms with van der Waals surface area (Å²) in [4.78, 5) is 16.6. The van der Waals surface area contributed by atoms with Crippen molar-refractivity contribution in [3.8, 4) is 6.07 Å². The van der Waals surface area contributed by atoms with E-state index in [1.807, 2.05) is 18.2 Å². The molecule has 1 unspecified atom stereocenters. The van der Waals surface area contributed by atoms with Gasteiger partial charge in [-0.2, -0.15) is 5.26 Å². The molecule has 0 aliphatic carbocycles. The zero-order valence-electron chi connectivity index (χ0n) is 16.2. The highest BCUT2D eigenvalue weighted by Crippen LogP contribution is 2.26. The molecule has 0 aliphatic heterocycles. The molecule has 146 valence electrons. The summed E-state index contributed by atoms with van der Waals surface area (Å²) in [5.41, 5.74) is 3.30. The van der Waals surface area contributed by atoms with E-state index in [0.29, 0.717) is 18.3 Å². The molecule has 0 bridgehead atoms. The number of halogens is 1. The number of nitrogens with zero attached hydrogens (tertiary/aromatic N) is 4. The maximum atomic E-state index is 12.7. The van der Waals surface area contributed by atoms with Gasteiger partial charge in [-0.3, -0.25) is 9.13 Å². The molecule has 1 atom stereocenters. The summed E-state index contributed by atoms with van der Waals surface area (Å²) in [6.45, 7) is 5.70. The van der Waals surface area contributed by atoms with Gasteiger partial charge in [0.1, 0.15) is 16.8 Å². The van der Waals surface area contributed by atoms with Crippen molar-refractivity contribution in [3.05, 3.63) is 51.7 Å². The summed E-state index contributed by atoms with van der Waals surface area (Å²) in [6, 6.07) is 9.79. The average molecular weight is 399 g/mol. The first-order chi connectivity index (χ1) is 13.5. The van der Waals surface area contributed by atoms with Crippen molar-refractivity contribution >= 4 is 34.0 Å². The van der Waals surface area contributed by atoms with Gasteiger partial charge >= 0.3 is 5.69 Å². The first-order valence-corrected chi connectivity index (χ1v) is 9.58. The first-order valence-electron chi connectivity index (χ1n) is 9.20. The Labute approximate surface area is 168 Å². The number of hydrogen-bond acceptors (Lipinski definition) is 5. The molecule has 0 aliphatic rings. The zero-order chi connectivity index (χ0) is 20.3. The van der Waals surface area contributed by atoms with Crippen LogP contribution in [0.25, 0.3) is 11.0 Å².